The molecule has 2 heterocycles. The van der Waals surface area contributed by atoms with E-state index in [-0.39, 0.29) is 57.7 Å². The minimum absolute atomic E-state index is 0. The molecule has 1 aliphatic carbocycles. The van der Waals surface area contributed by atoms with Crippen molar-refractivity contribution in [3.8, 4) is 0 Å². The summed E-state index contributed by atoms with van der Waals surface area (Å²) in [5, 5.41) is 20.6. The number of nitrogens with one attached hydrogen (secondary N) is 1. The van der Waals surface area contributed by atoms with E-state index in [1.54, 1.807) is 4.90 Å². The molecule has 2 aliphatic heterocycles. The third-order valence-electron chi connectivity index (χ3n) is 4.01. The van der Waals surface area contributed by atoms with Crippen molar-refractivity contribution in [1.82, 2.24) is 10.2 Å². The fourth-order valence-electron chi connectivity index (χ4n) is 2.66. The summed E-state index contributed by atoms with van der Waals surface area (Å²) in [4.78, 5) is 41.1. The summed E-state index contributed by atoms with van der Waals surface area (Å²) in [5.41, 5.74) is 11.3. The fourth-order valence-corrected chi connectivity index (χ4v) is 2.66. The van der Waals surface area contributed by atoms with Crippen LogP contribution in [0, 0.1) is 0 Å². The molecule has 0 bridgehead atoms. The Morgan fingerprint density at radius 1 is 1.00 bits per heavy atom. The Bertz CT molecular complexity index is 482. The van der Waals surface area contributed by atoms with Crippen LogP contribution in [0.3, 0.4) is 0 Å². The van der Waals surface area contributed by atoms with Crippen molar-refractivity contribution in [3.05, 3.63) is 0 Å². The number of nitrogens with two attached hydrogens (primary N) is 2. The van der Waals surface area contributed by atoms with E-state index in [2.05, 4.69) is 5.32 Å². The molecular weight excluding hydrogens is 515 g/mol. The first-order valence-corrected chi connectivity index (χ1v) is 7.74. The Morgan fingerprint density at radius 2 is 1.48 bits per heavy atom. The quantitative estimate of drug-likeness (QED) is 0.260. The van der Waals surface area contributed by atoms with E-state index in [1.165, 1.54) is 12.8 Å². The van der Waals surface area contributed by atoms with Gasteiger partial charge in [-0.25, -0.2) is 0 Å². The molecule has 0 radical (unpaired) electrons. The Balaban J connectivity index is 0.000000352. The molecule has 2 saturated heterocycles. The van der Waals surface area contributed by atoms with Gasteiger partial charge in [-0.1, -0.05) is 12.8 Å². The van der Waals surface area contributed by atoms with Crippen LogP contribution < -0.4 is 27.0 Å². The molecule has 0 aromatic carbocycles. The van der Waals surface area contributed by atoms with Gasteiger partial charge in [-0.3, -0.25) is 9.59 Å². The number of hydrogen-bond acceptors (Lipinski definition) is 8. The van der Waals surface area contributed by atoms with Gasteiger partial charge in [0, 0.05) is 18.5 Å². The number of nitrogens with zero attached hydrogens (tertiary/aromatic N) is 1. The number of rotatable bonds is 0. The van der Waals surface area contributed by atoms with Gasteiger partial charge in [-0.05, 0) is 19.3 Å². The number of hydrogen-bond donors (Lipinski definition) is 3. The molecule has 5 N–H and O–H groups in total. The smallest absolute Gasteiger partial charge is 0.543 e. The third kappa shape index (κ3) is 7.94. The topological polar surface area (TPSA) is 182 Å². The van der Waals surface area contributed by atoms with E-state index in [9.17, 15) is 9.59 Å². The summed E-state index contributed by atoms with van der Waals surface area (Å²) >= 11 is 0. The Kier molecular flexibility index (Phi) is 10.5. The standard InChI is InChI=1S/C6H8N2O2.C6H14N2.C2H2O4.Pt/c9-5-3-8-4(7-5)1-2-6(8)10;7-5-3-1-2-4-6(5)8;3-1(4)2(5)6;/h4H,1-3H2,(H,7,9);5-6H,1-4,7-8H2;(H,3,4)(H,5,6);/q;;;+2/p-2/t;5-,6-;;/m.1../s1. The molecule has 10 nitrogen and oxygen atoms in total. The number of carbonyl (C=O) groups is 4. The minimum atomic E-state index is -2.19. The van der Waals surface area contributed by atoms with Gasteiger partial charge in [-0.2, -0.15) is 0 Å². The number of carbonyl (C=O) groups excluding carboxylic acids is 4. The number of amides is 2. The van der Waals surface area contributed by atoms with Gasteiger partial charge in [0.05, 0.1) is 11.9 Å². The predicted octanol–water partition coefficient (Wildman–Crippen LogP) is -4.24. The zero-order valence-corrected chi connectivity index (χ0v) is 15.8. The van der Waals surface area contributed by atoms with Crippen molar-refractivity contribution in [2.45, 2.75) is 56.8 Å². The van der Waals surface area contributed by atoms with Crippen LogP contribution in [0.1, 0.15) is 38.5 Å². The van der Waals surface area contributed by atoms with Crippen LogP contribution in [0.5, 0.6) is 0 Å². The van der Waals surface area contributed by atoms with Crippen molar-refractivity contribution in [1.29, 1.82) is 0 Å². The van der Waals surface area contributed by atoms with Crippen LogP contribution >= 0.6 is 0 Å². The summed E-state index contributed by atoms with van der Waals surface area (Å²) in [6.07, 6.45) is 6.18. The van der Waals surface area contributed by atoms with Gasteiger partial charge in [0.15, 0.2) is 0 Å². The van der Waals surface area contributed by atoms with E-state index in [4.69, 9.17) is 31.3 Å². The van der Waals surface area contributed by atoms with Crippen LogP contribution in [0.15, 0.2) is 0 Å². The number of aliphatic carboxylic acids is 2. The minimum Gasteiger partial charge on any atom is -0.543 e. The van der Waals surface area contributed by atoms with E-state index in [0.29, 0.717) is 6.42 Å². The normalized spacial score (nSPS) is 26.8. The maximum absolute atomic E-state index is 10.9. The summed E-state index contributed by atoms with van der Waals surface area (Å²) in [6.45, 7) is 0.267. The molecule has 3 fully saturated rings. The zero-order chi connectivity index (χ0) is 18.3. The molecule has 1 unspecified atom stereocenters. The van der Waals surface area contributed by atoms with Gasteiger partial charge >= 0.3 is 21.1 Å². The Morgan fingerprint density at radius 3 is 1.84 bits per heavy atom. The van der Waals surface area contributed by atoms with Crippen molar-refractivity contribution in [2.75, 3.05) is 6.54 Å². The summed E-state index contributed by atoms with van der Waals surface area (Å²) in [7, 11) is 0. The predicted molar refractivity (Wildman–Crippen MR) is 77.3 cm³/mol. The average Bonchev–Trinajstić information content (AvgIpc) is 3.04. The molecule has 3 aliphatic rings. The summed E-state index contributed by atoms with van der Waals surface area (Å²) in [6, 6.07) is 0.562. The van der Waals surface area contributed by atoms with Crippen LogP contribution in [0.2, 0.25) is 0 Å². The Labute approximate surface area is 159 Å². The van der Waals surface area contributed by atoms with Crippen molar-refractivity contribution < 1.29 is 50.5 Å². The number of carboxylic acids is 2. The van der Waals surface area contributed by atoms with Gasteiger partial charge in [0.2, 0.25) is 11.8 Å². The van der Waals surface area contributed by atoms with Gasteiger partial charge in [0.25, 0.3) is 0 Å². The molecule has 0 aromatic rings. The average molecular weight is 537 g/mol. The van der Waals surface area contributed by atoms with Gasteiger partial charge < -0.3 is 41.5 Å². The van der Waals surface area contributed by atoms with Gasteiger partial charge in [0.1, 0.15) is 12.7 Å². The molecule has 1 saturated carbocycles. The third-order valence-corrected chi connectivity index (χ3v) is 4.01. The van der Waals surface area contributed by atoms with Crippen molar-refractivity contribution >= 4 is 23.8 Å². The summed E-state index contributed by atoms with van der Waals surface area (Å²) in [5.74, 6) is -4.30. The first-order valence-electron chi connectivity index (χ1n) is 7.74. The molecule has 0 spiro atoms. The molecule has 11 heteroatoms. The molecule has 0 aromatic heterocycles. The molecule has 144 valence electrons. The Hall–Kier alpha value is -1.51. The zero-order valence-electron chi connectivity index (χ0n) is 13.5. The first kappa shape index (κ1) is 23.5. The molecule has 2 amide bonds. The maximum Gasteiger partial charge on any atom is 2.00 e. The van der Waals surface area contributed by atoms with Crippen molar-refractivity contribution in [2.24, 2.45) is 11.5 Å². The number of carboxylic acid groups (broad SMARTS) is 2. The molecule has 25 heavy (non-hydrogen) atoms. The fraction of sp³-hybridized carbons (Fsp3) is 0.714. The number of fused-ring (bicyclic) bond motifs is 1. The molecule has 3 atom stereocenters. The summed E-state index contributed by atoms with van der Waals surface area (Å²) < 4.78 is 0. The van der Waals surface area contributed by atoms with Crippen LogP contribution in [0.25, 0.3) is 0 Å². The van der Waals surface area contributed by atoms with Crippen LogP contribution in [-0.2, 0) is 40.2 Å². The monoisotopic (exact) mass is 537 g/mol. The van der Waals surface area contributed by atoms with Crippen LogP contribution in [0.4, 0.5) is 0 Å². The molecular formula is C14H22N4O6Pt. The van der Waals surface area contributed by atoms with E-state index in [0.717, 1.165) is 19.3 Å². The van der Waals surface area contributed by atoms with E-state index in [1.807, 2.05) is 0 Å². The van der Waals surface area contributed by atoms with Gasteiger partial charge in [-0.15, -0.1) is 0 Å². The second kappa shape index (κ2) is 11.2. The second-order valence-corrected chi connectivity index (χ2v) is 5.83. The van der Waals surface area contributed by atoms with E-state index >= 15 is 0 Å². The van der Waals surface area contributed by atoms with Crippen LogP contribution in [-0.4, -0.2) is 53.4 Å². The SMILES string of the molecule is N[C@@H]1CCCC[C@H]1N.O=C([O-])C(=O)[O-].O=C1CN2C(=O)CCC2N1.[Pt+2]. The first-order chi connectivity index (χ1) is 11.2. The maximum atomic E-state index is 10.9. The van der Waals surface area contributed by atoms with Crippen molar-refractivity contribution in [3.63, 3.8) is 0 Å². The second-order valence-electron chi connectivity index (χ2n) is 5.83. The molecule has 3 rings (SSSR count). The van der Waals surface area contributed by atoms with E-state index < -0.39 is 11.9 Å². The largest absolute Gasteiger partial charge is 2.00 e.